The molecular formula is C24H27BrN4O. The summed E-state index contributed by atoms with van der Waals surface area (Å²) in [6.07, 6.45) is 2.54. The first kappa shape index (κ1) is 22.1. The predicted molar refractivity (Wildman–Crippen MR) is 125 cm³/mol. The third-order valence-corrected chi connectivity index (χ3v) is 5.63. The van der Waals surface area contributed by atoms with E-state index in [2.05, 4.69) is 46.0 Å². The molecule has 0 atom stereocenters. The minimum atomic E-state index is 0.531. The molecule has 0 saturated heterocycles. The van der Waals surface area contributed by atoms with Gasteiger partial charge in [0, 0.05) is 21.6 Å². The van der Waals surface area contributed by atoms with Gasteiger partial charge in [-0.15, -0.1) is 0 Å². The molecule has 0 aromatic carbocycles. The van der Waals surface area contributed by atoms with Gasteiger partial charge in [0.05, 0.1) is 17.1 Å². The smallest absolute Gasteiger partial charge is 0.117 e. The van der Waals surface area contributed by atoms with Crippen molar-refractivity contribution in [2.24, 2.45) is 5.16 Å². The number of oxime groups is 1. The van der Waals surface area contributed by atoms with Crippen molar-refractivity contribution in [1.82, 2.24) is 15.0 Å². The fraction of sp³-hybridized carbons (Fsp3) is 0.333. The van der Waals surface area contributed by atoms with Gasteiger partial charge in [-0.05, 0) is 75.9 Å². The highest BCUT2D eigenvalue weighted by molar-refractivity contribution is 9.10. The molecule has 0 N–H and O–H groups in total. The van der Waals surface area contributed by atoms with Crippen LogP contribution in [0.25, 0.3) is 11.4 Å². The predicted octanol–water partition coefficient (Wildman–Crippen LogP) is 5.85. The second kappa shape index (κ2) is 10.4. The van der Waals surface area contributed by atoms with Crippen LogP contribution in [0.5, 0.6) is 0 Å². The molecule has 3 heterocycles. The van der Waals surface area contributed by atoms with Gasteiger partial charge in [-0.1, -0.05) is 40.1 Å². The summed E-state index contributed by atoms with van der Waals surface area (Å²) >= 11 is 3.64. The number of hydrogen-bond donors (Lipinski definition) is 0. The van der Waals surface area contributed by atoms with Crippen molar-refractivity contribution >= 4 is 21.6 Å². The number of aromatic nitrogens is 3. The molecule has 0 unspecified atom stereocenters. The number of nitrogens with zero attached hydrogens (tertiary/aromatic N) is 4. The lowest BCUT2D eigenvalue weighted by atomic mass is 10.1. The van der Waals surface area contributed by atoms with E-state index in [9.17, 15) is 0 Å². The maximum absolute atomic E-state index is 5.49. The maximum Gasteiger partial charge on any atom is 0.117 e. The van der Waals surface area contributed by atoms with E-state index in [1.807, 2.05) is 50.2 Å². The molecule has 0 radical (unpaired) electrons. The zero-order valence-electron chi connectivity index (χ0n) is 17.9. The summed E-state index contributed by atoms with van der Waals surface area (Å²) in [7, 11) is 0. The molecule has 0 aliphatic rings. The van der Waals surface area contributed by atoms with E-state index in [0.717, 1.165) is 69.2 Å². The van der Waals surface area contributed by atoms with Crippen molar-refractivity contribution in [3.8, 4) is 11.4 Å². The summed E-state index contributed by atoms with van der Waals surface area (Å²) in [5, 5.41) is 4.19. The van der Waals surface area contributed by atoms with Crippen molar-refractivity contribution in [1.29, 1.82) is 0 Å². The average Bonchev–Trinajstić information content (AvgIpc) is 2.75. The van der Waals surface area contributed by atoms with E-state index in [4.69, 9.17) is 14.8 Å². The van der Waals surface area contributed by atoms with Crippen LogP contribution in [0.15, 0.2) is 52.1 Å². The molecule has 3 rings (SSSR count). The van der Waals surface area contributed by atoms with Crippen LogP contribution in [0.1, 0.15) is 48.6 Å². The quantitative estimate of drug-likeness (QED) is 0.237. The number of halogens is 1. The van der Waals surface area contributed by atoms with Crippen LogP contribution in [-0.2, 0) is 17.7 Å². The number of rotatable bonds is 8. The van der Waals surface area contributed by atoms with E-state index in [1.54, 1.807) is 0 Å². The average molecular weight is 467 g/mol. The second-order valence-corrected chi connectivity index (χ2v) is 8.07. The Morgan fingerprint density at radius 2 is 1.83 bits per heavy atom. The highest BCUT2D eigenvalue weighted by Gasteiger charge is 2.11. The van der Waals surface area contributed by atoms with Crippen LogP contribution >= 0.6 is 15.9 Å². The van der Waals surface area contributed by atoms with Crippen molar-refractivity contribution < 1.29 is 4.84 Å². The van der Waals surface area contributed by atoms with E-state index in [0.29, 0.717) is 6.61 Å². The molecule has 30 heavy (non-hydrogen) atoms. The first-order valence-electron chi connectivity index (χ1n) is 10.2. The van der Waals surface area contributed by atoms with Gasteiger partial charge < -0.3 is 4.84 Å². The molecule has 0 saturated carbocycles. The van der Waals surface area contributed by atoms with Gasteiger partial charge in [0.15, 0.2) is 0 Å². The van der Waals surface area contributed by atoms with Gasteiger partial charge >= 0.3 is 0 Å². The molecule has 6 heteroatoms. The molecule has 0 amide bonds. The zero-order chi connectivity index (χ0) is 21.5. The topological polar surface area (TPSA) is 60.3 Å². The van der Waals surface area contributed by atoms with Crippen LogP contribution < -0.4 is 0 Å². The molecule has 0 fully saturated rings. The van der Waals surface area contributed by atoms with Crippen molar-refractivity contribution in [3.63, 3.8) is 0 Å². The third-order valence-electron chi connectivity index (χ3n) is 4.80. The molecule has 3 aromatic heterocycles. The first-order chi connectivity index (χ1) is 14.5. The molecule has 0 spiro atoms. The second-order valence-electron chi connectivity index (χ2n) is 7.21. The molecule has 3 aromatic rings. The van der Waals surface area contributed by atoms with Gasteiger partial charge in [-0.25, -0.2) is 0 Å². The van der Waals surface area contributed by atoms with Crippen LogP contribution in [0.2, 0.25) is 0 Å². The Labute approximate surface area is 186 Å². The van der Waals surface area contributed by atoms with Gasteiger partial charge in [0.2, 0.25) is 0 Å². The van der Waals surface area contributed by atoms with E-state index in [1.165, 1.54) is 0 Å². The van der Waals surface area contributed by atoms with Gasteiger partial charge in [0.25, 0.3) is 0 Å². The minimum Gasteiger partial charge on any atom is -0.396 e. The third kappa shape index (κ3) is 5.72. The van der Waals surface area contributed by atoms with Crippen LogP contribution in [0.4, 0.5) is 0 Å². The summed E-state index contributed by atoms with van der Waals surface area (Å²) in [5.41, 5.74) is 7.61. The fourth-order valence-electron chi connectivity index (χ4n) is 3.06. The number of hydrogen-bond acceptors (Lipinski definition) is 5. The highest BCUT2D eigenvalue weighted by atomic mass is 79.9. The molecule has 0 aliphatic carbocycles. The Balaban J connectivity index is 1.60. The van der Waals surface area contributed by atoms with E-state index < -0.39 is 0 Å². The summed E-state index contributed by atoms with van der Waals surface area (Å²) < 4.78 is 1.07. The minimum absolute atomic E-state index is 0.531. The molecule has 156 valence electrons. The Bertz CT molecular complexity index is 1050. The largest absolute Gasteiger partial charge is 0.396 e. The lowest BCUT2D eigenvalue weighted by Crippen LogP contribution is -2.02. The summed E-state index contributed by atoms with van der Waals surface area (Å²) in [6, 6.07) is 14.1. The SMILES string of the molecule is CCc1cc(Br)c(C)c(-c2cccc(CCCO/N=C(\C)c3cccc(C)n3)n2)n1. The summed E-state index contributed by atoms with van der Waals surface area (Å²) in [5.74, 6) is 0. The Morgan fingerprint density at radius 1 is 1.03 bits per heavy atom. The molecule has 0 bridgehead atoms. The summed E-state index contributed by atoms with van der Waals surface area (Å²) in [4.78, 5) is 19.6. The van der Waals surface area contributed by atoms with Gasteiger partial charge in [-0.3, -0.25) is 15.0 Å². The molecule has 5 nitrogen and oxygen atoms in total. The van der Waals surface area contributed by atoms with Crippen LogP contribution in [0, 0.1) is 13.8 Å². The Morgan fingerprint density at radius 3 is 2.60 bits per heavy atom. The molecule has 0 aliphatic heterocycles. The Kier molecular flexibility index (Phi) is 7.69. The highest BCUT2D eigenvalue weighted by Crippen LogP contribution is 2.27. The van der Waals surface area contributed by atoms with E-state index >= 15 is 0 Å². The standard InChI is InChI=1S/C24H27BrN4O/c1-5-19-15-21(25)17(3)24(28-19)23-13-7-10-20(27-23)11-8-14-30-29-18(4)22-12-6-9-16(2)26-22/h6-7,9-10,12-13,15H,5,8,11,14H2,1-4H3/b29-18+. The lowest BCUT2D eigenvalue weighted by molar-refractivity contribution is 0.141. The summed E-state index contributed by atoms with van der Waals surface area (Å²) in [6.45, 7) is 8.58. The normalized spacial score (nSPS) is 11.6. The first-order valence-corrected chi connectivity index (χ1v) is 11.0. The lowest BCUT2D eigenvalue weighted by Gasteiger charge is -2.10. The van der Waals surface area contributed by atoms with Gasteiger partial charge in [0.1, 0.15) is 12.3 Å². The van der Waals surface area contributed by atoms with E-state index in [-0.39, 0.29) is 0 Å². The maximum atomic E-state index is 5.49. The zero-order valence-corrected chi connectivity index (χ0v) is 19.5. The number of aryl methyl sites for hydroxylation is 3. The van der Waals surface area contributed by atoms with Crippen molar-refractivity contribution in [3.05, 3.63) is 75.3 Å². The molecular weight excluding hydrogens is 440 g/mol. The Hall–Kier alpha value is -2.60. The fourth-order valence-corrected chi connectivity index (χ4v) is 3.51. The van der Waals surface area contributed by atoms with Crippen LogP contribution in [-0.4, -0.2) is 27.3 Å². The van der Waals surface area contributed by atoms with Gasteiger partial charge in [-0.2, -0.15) is 0 Å². The monoisotopic (exact) mass is 466 g/mol. The number of pyridine rings is 3. The van der Waals surface area contributed by atoms with Crippen molar-refractivity contribution in [2.75, 3.05) is 6.61 Å². The van der Waals surface area contributed by atoms with Crippen molar-refractivity contribution in [2.45, 2.75) is 47.0 Å². The van der Waals surface area contributed by atoms with Crippen LogP contribution in [0.3, 0.4) is 0 Å².